The van der Waals surface area contributed by atoms with Crippen LogP contribution in [0.4, 0.5) is 11.4 Å². The minimum atomic E-state index is -0.520. The second-order valence-electron chi connectivity index (χ2n) is 5.44. The lowest BCUT2D eigenvalue weighted by atomic mass is 10.2. The van der Waals surface area contributed by atoms with Gasteiger partial charge in [-0.15, -0.1) is 0 Å². The summed E-state index contributed by atoms with van der Waals surface area (Å²) in [6.07, 6.45) is 3.36. The number of non-ortho nitro benzene ring substituents is 1. The number of rotatable bonds is 4. The summed E-state index contributed by atoms with van der Waals surface area (Å²) in [5, 5.41) is 27.4. The van der Waals surface area contributed by atoms with E-state index in [1.165, 1.54) is 29.3 Å². The molecule has 0 amide bonds. The van der Waals surface area contributed by atoms with Gasteiger partial charge in [0, 0.05) is 31.1 Å². The van der Waals surface area contributed by atoms with E-state index >= 15 is 0 Å². The Kier molecular flexibility index (Phi) is 4.61. The highest BCUT2D eigenvalue weighted by atomic mass is 16.6. The van der Waals surface area contributed by atoms with E-state index in [4.69, 9.17) is 0 Å². The fourth-order valence-corrected chi connectivity index (χ4v) is 2.48. The topological polar surface area (TPSA) is 118 Å². The summed E-state index contributed by atoms with van der Waals surface area (Å²) in [5.41, 5.74) is 1.42. The molecule has 0 atom stereocenters. The second kappa shape index (κ2) is 7.01. The SMILES string of the molecule is O=[N+]([O-])C1=NN(c2ccc([N+](=O)[O-])cc2)CN(Cc2cccnc2)C1. The van der Waals surface area contributed by atoms with Crippen LogP contribution in [0.25, 0.3) is 0 Å². The van der Waals surface area contributed by atoms with Crippen molar-refractivity contribution >= 4 is 17.2 Å². The summed E-state index contributed by atoms with van der Waals surface area (Å²) >= 11 is 0. The first kappa shape index (κ1) is 16.5. The van der Waals surface area contributed by atoms with Gasteiger partial charge in [-0.3, -0.25) is 20.0 Å². The number of hydrazone groups is 1. The fourth-order valence-electron chi connectivity index (χ4n) is 2.48. The van der Waals surface area contributed by atoms with E-state index in [1.54, 1.807) is 18.5 Å². The number of pyridine rings is 1. The molecule has 0 N–H and O–H groups in total. The molecule has 0 unspecified atom stereocenters. The zero-order chi connectivity index (χ0) is 17.8. The number of nitrogens with zero attached hydrogens (tertiary/aromatic N) is 6. The Balaban J connectivity index is 1.83. The lowest BCUT2D eigenvalue weighted by Gasteiger charge is -2.28. The third kappa shape index (κ3) is 3.93. The summed E-state index contributed by atoms with van der Waals surface area (Å²) in [5.74, 6) is -0.187. The molecule has 0 spiro atoms. The lowest BCUT2D eigenvalue weighted by Crippen LogP contribution is -2.45. The molecule has 0 saturated heterocycles. The van der Waals surface area contributed by atoms with Gasteiger partial charge in [0.15, 0.2) is 0 Å². The smallest absolute Gasteiger partial charge is 0.358 e. The van der Waals surface area contributed by atoms with Crippen molar-refractivity contribution in [3.05, 3.63) is 74.6 Å². The maximum Gasteiger partial charge on any atom is 0.378 e. The maximum absolute atomic E-state index is 11.2. The molecule has 2 heterocycles. The van der Waals surface area contributed by atoms with E-state index in [2.05, 4.69) is 10.1 Å². The lowest BCUT2D eigenvalue weighted by molar-refractivity contribution is -0.384. The number of nitro benzene ring substituents is 1. The molecule has 0 bridgehead atoms. The van der Waals surface area contributed by atoms with E-state index in [1.807, 2.05) is 11.0 Å². The minimum absolute atomic E-state index is 0.0496. The van der Waals surface area contributed by atoms with Crippen LogP contribution in [-0.4, -0.2) is 38.8 Å². The quantitative estimate of drug-likeness (QED) is 0.614. The van der Waals surface area contributed by atoms with E-state index in [0.29, 0.717) is 18.9 Å². The van der Waals surface area contributed by atoms with Gasteiger partial charge in [0.25, 0.3) is 5.69 Å². The first-order chi connectivity index (χ1) is 12.0. The van der Waals surface area contributed by atoms with E-state index in [9.17, 15) is 20.2 Å². The van der Waals surface area contributed by atoms with Crippen molar-refractivity contribution in [2.45, 2.75) is 6.54 Å². The zero-order valence-electron chi connectivity index (χ0n) is 13.1. The van der Waals surface area contributed by atoms with Gasteiger partial charge >= 0.3 is 5.84 Å². The summed E-state index contributed by atoms with van der Waals surface area (Å²) < 4.78 is 0. The van der Waals surface area contributed by atoms with Gasteiger partial charge in [0.1, 0.15) is 13.2 Å². The molecule has 0 saturated carbocycles. The van der Waals surface area contributed by atoms with E-state index in [0.717, 1.165) is 5.56 Å². The number of amidine groups is 1. The Morgan fingerprint density at radius 1 is 1.08 bits per heavy atom. The predicted octanol–water partition coefficient (Wildman–Crippen LogP) is 1.86. The monoisotopic (exact) mass is 342 g/mol. The van der Waals surface area contributed by atoms with Crippen LogP contribution in [0.5, 0.6) is 0 Å². The molecule has 10 heteroatoms. The Morgan fingerprint density at radius 2 is 1.84 bits per heavy atom. The number of benzene rings is 1. The normalized spacial score (nSPS) is 14.9. The number of aromatic nitrogens is 1. The third-order valence-corrected chi connectivity index (χ3v) is 3.63. The Labute approximate surface area is 142 Å². The van der Waals surface area contributed by atoms with Crippen molar-refractivity contribution in [2.75, 3.05) is 18.2 Å². The Hall–Kier alpha value is -3.40. The van der Waals surface area contributed by atoms with Gasteiger partial charge < -0.3 is 10.1 Å². The van der Waals surface area contributed by atoms with Gasteiger partial charge in [0.2, 0.25) is 0 Å². The molecule has 128 valence electrons. The molecule has 1 aromatic carbocycles. The zero-order valence-corrected chi connectivity index (χ0v) is 13.1. The van der Waals surface area contributed by atoms with Crippen molar-refractivity contribution in [3.63, 3.8) is 0 Å². The fraction of sp³-hybridized carbons (Fsp3) is 0.200. The van der Waals surface area contributed by atoms with Crippen LogP contribution in [0.3, 0.4) is 0 Å². The summed E-state index contributed by atoms with van der Waals surface area (Å²) in [4.78, 5) is 26.8. The highest BCUT2D eigenvalue weighted by Gasteiger charge is 2.29. The molecular weight excluding hydrogens is 328 g/mol. The molecule has 1 aromatic heterocycles. The van der Waals surface area contributed by atoms with Gasteiger partial charge in [-0.25, -0.2) is 0 Å². The number of nitro groups is 2. The van der Waals surface area contributed by atoms with Crippen molar-refractivity contribution < 1.29 is 9.85 Å². The Bertz CT molecular complexity index is 809. The number of anilines is 1. The standard InChI is InChI=1S/C15H14N6O4/c22-20(23)14-5-3-13(4-6-14)19-11-18(10-15(17-19)21(24)25)9-12-2-1-7-16-8-12/h1-8H,9-11H2. The summed E-state index contributed by atoms with van der Waals surface area (Å²) in [7, 11) is 0. The summed E-state index contributed by atoms with van der Waals surface area (Å²) in [6.45, 7) is 0.902. The minimum Gasteiger partial charge on any atom is -0.358 e. The first-order valence-corrected chi connectivity index (χ1v) is 7.38. The van der Waals surface area contributed by atoms with Crippen LogP contribution >= 0.6 is 0 Å². The molecule has 1 aliphatic heterocycles. The highest BCUT2D eigenvalue weighted by molar-refractivity contribution is 5.78. The molecule has 2 aromatic rings. The van der Waals surface area contributed by atoms with Gasteiger partial charge in [-0.1, -0.05) is 6.07 Å². The maximum atomic E-state index is 11.2. The van der Waals surface area contributed by atoms with Gasteiger partial charge in [0.05, 0.1) is 15.7 Å². The highest BCUT2D eigenvalue weighted by Crippen LogP contribution is 2.22. The molecule has 0 radical (unpaired) electrons. The van der Waals surface area contributed by atoms with E-state index in [-0.39, 0.29) is 18.1 Å². The third-order valence-electron chi connectivity index (χ3n) is 3.63. The average molecular weight is 342 g/mol. The molecule has 0 aliphatic carbocycles. The van der Waals surface area contributed by atoms with Crippen molar-refractivity contribution in [2.24, 2.45) is 5.10 Å². The number of hydrogen-bond acceptors (Lipinski definition) is 8. The van der Waals surface area contributed by atoms with Crippen molar-refractivity contribution in [3.8, 4) is 0 Å². The number of hydrogen-bond donors (Lipinski definition) is 0. The molecule has 25 heavy (non-hydrogen) atoms. The average Bonchev–Trinajstić information content (AvgIpc) is 2.62. The van der Waals surface area contributed by atoms with Crippen LogP contribution in [-0.2, 0) is 6.54 Å². The molecular formula is C15H14N6O4. The second-order valence-corrected chi connectivity index (χ2v) is 5.44. The Morgan fingerprint density at radius 3 is 2.44 bits per heavy atom. The van der Waals surface area contributed by atoms with Crippen LogP contribution < -0.4 is 5.01 Å². The first-order valence-electron chi connectivity index (χ1n) is 7.38. The van der Waals surface area contributed by atoms with Gasteiger partial charge in [-0.05, 0) is 28.7 Å². The van der Waals surface area contributed by atoms with Crippen LogP contribution in [0.2, 0.25) is 0 Å². The molecule has 3 rings (SSSR count). The van der Waals surface area contributed by atoms with E-state index < -0.39 is 9.85 Å². The summed E-state index contributed by atoms with van der Waals surface area (Å²) in [6, 6.07) is 9.42. The van der Waals surface area contributed by atoms with Crippen molar-refractivity contribution in [1.82, 2.24) is 9.88 Å². The van der Waals surface area contributed by atoms with Crippen LogP contribution in [0.15, 0.2) is 53.9 Å². The molecule has 10 nitrogen and oxygen atoms in total. The molecule has 0 fully saturated rings. The van der Waals surface area contributed by atoms with Crippen LogP contribution in [0.1, 0.15) is 5.56 Å². The predicted molar refractivity (Wildman–Crippen MR) is 89.5 cm³/mol. The largest absolute Gasteiger partial charge is 0.378 e. The van der Waals surface area contributed by atoms with Crippen molar-refractivity contribution in [1.29, 1.82) is 0 Å². The van der Waals surface area contributed by atoms with Gasteiger partial charge in [-0.2, -0.15) is 5.01 Å². The molecule has 1 aliphatic rings. The van der Waals surface area contributed by atoms with Crippen LogP contribution in [0, 0.1) is 20.2 Å².